The van der Waals surface area contributed by atoms with Crippen LogP contribution in [0.25, 0.3) is 0 Å². The molecule has 0 saturated carbocycles. The van der Waals surface area contributed by atoms with Gasteiger partial charge in [-0.3, -0.25) is 0 Å². The molecule has 0 aromatic heterocycles. The highest BCUT2D eigenvalue weighted by Crippen LogP contribution is 2.56. The predicted molar refractivity (Wildman–Crippen MR) is 77.4 cm³/mol. The lowest BCUT2D eigenvalue weighted by atomic mass is 9.69. The van der Waals surface area contributed by atoms with Crippen molar-refractivity contribution in [1.29, 1.82) is 0 Å². The van der Waals surface area contributed by atoms with Crippen molar-refractivity contribution in [2.24, 2.45) is 17.3 Å². The third-order valence-corrected chi connectivity index (χ3v) is 4.77. The van der Waals surface area contributed by atoms with E-state index in [0.717, 1.165) is 0 Å². The molecule has 2 saturated heterocycles. The second kappa shape index (κ2) is 4.93. The minimum atomic E-state index is -1.11. The third-order valence-electron chi connectivity index (χ3n) is 4.77. The van der Waals surface area contributed by atoms with Gasteiger partial charge in [0.15, 0.2) is 18.2 Å². The Hall–Kier alpha value is -0.650. The number of esters is 1. The molecule has 0 amide bonds. The van der Waals surface area contributed by atoms with Gasteiger partial charge >= 0.3 is 5.97 Å². The molecule has 0 aliphatic carbocycles. The Bertz CT molecular complexity index is 415. The number of carbonyl (C=O) groups excluding carboxylic acids is 1. The number of fused-ring (bicyclic) bond motifs is 1. The maximum absolute atomic E-state index is 12.4. The Labute approximate surface area is 127 Å². The van der Waals surface area contributed by atoms with Crippen LogP contribution in [0.4, 0.5) is 0 Å². The lowest BCUT2D eigenvalue weighted by molar-refractivity contribution is -0.339. The first-order chi connectivity index (χ1) is 9.53. The molecule has 0 spiro atoms. The van der Waals surface area contributed by atoms with Crippen LogP contribution in [0.1, 0.15) is 48.5 Å². The first-order valence-electron chi connectivity index (χ1n) is 7.64. The molecule has 2 heterocycles. The van der Waals surface area contributed by atoms with E-state index in [-0.39, 0.29) is 11.8 Å². The van der Waals surface area contributed by atoms with Gasteiger partial charge in [-0.05, 0) is 0 Å². The maximum atomic E-state index is 12.4. The summed E-state index contributed by atoms with van der Waals surface area (Å²) in [7, 11) is 1.38. The van der Waals surface area contributed by atoms with E-state index in [1.165, 1.54) is 7.11 Å². The molecule has 122 valence electrons. The van der Waals surface area contributed by atoms with E-state index < -0.39 is 35.2 Å². The molecule has 2 aliphatic heterocycles. The topological polar surface area (TPSA) is 54.0 Å². The number of methoxy groups -OCH3 is 1. The Morgan fingerprint density at radius 1 is 1.05 bits per heavy atom. The summed E-state index contributed by atoms with van der Waals surface area (Å²) in [5.74, 6) is -0.816. The first kappa shape index (κ1) is 16.7. The van der Waals surface area contributed by atoms with Gasteiger partial charge < -0.3 is 18.9 Å². The number of hydrogen-bond acceptors (Lipinski definition) is 5. The third kappa shape index (κ3) is 2.05. The van der Waals surface area contributed by atoms with Crippen LogP contribution in [0.3, 0.4) is 0 Å². The van der Waals surface area contributed by atoms with Crippen LogP contribution in [0.2, 0.25) is 0 Å². The predicted octanol–water partition coefficient (Wildman–Crippen LogP) is 2.72. The molecule has 0 unspecified atom stereocenters. The average Bonchev–Trinajstić information content (AvgIpc) is 2.64. The molecule has 5 nitrogen and oxygen atoms in total. The summed E-state index contributed by atoms with van der Waals surface area (Å²) in [6.45, 7) is 14.1. The molecule has 0 N–H and O–H groups in total. The molecule has 2 rings (SSSR count). The van der Waals surface area contributed by atoms with E-state index in [0.29, 0.717) is 0 Å². The van der Waals surface area contributed by atoms with Gasteiger partial charge in [0.25, 0.3) is 0 Å². The average molecular weight is 300 g/mol. The lowest BCUT2D eigenvalue weighted by Crippen LogP contribution is -2.73. The van der Waals surface area contributed by atoms with E-state index >= 15 is 0 Å². The van der Waals surface area contributed by atoms with Gasteiger partial charge in [0.2, 0.25) is 5.60 Å². The van der Waals surface area contributed by atoms with Crippen molar-refractivity contribution in [3.63, 3.8) is 0 Å². The van der Waals surface area contributed by atoms with Gasteiger partial charge in [-0.25, -0.2) is 4.79 Å². The second-order valence-electron chi connectivity index (χ2n) is 7.65. The molecule has 0 bridgehead atoms. The minimum absolute atomic E-state index is 0.155. The summed E-state index contributed by atoms with van der Waals surface area (Å²) in [6.07, 6.45) is -0.942. The van der Waals surface area contributed by atoms with Crippen LogP contribution < -0.4 is 0 Å². The van der Waals surface area contributed by atoms with E-state index in [2.05, 4.69) is 27.7 Å². The van der Waals surface area contributed by atoms with E-state index in [9.17, 15) is 4.79 Å². The molecule has 0 aromatic carbocycles. The van der Waals surface area contributed by atoms with Crippen molar-refractivity contribution >= 4 is 5.97 Å². The fraction of sp³-hybridized carbons (Fsp3) is 0.938. The molecule has 0 radical (unpaired) electrons. The van der Waals surface area contributed by atoms with Crippen LogP contribution in [0.5, 0.6) is 0 Å². The molecule has 3 atom stereocenters. The Kier molecular flexibility index (Phi) is 3.93. The van der Waals surface area contributed by atoms with Crippen LogP contribution >= 0.6 is 0 Å². The van der Waals surface area contributed by atoms with Crippen molar-refractivity contribution in [3.05, 3.63) is 0 Å². The van der Waals surface area contributed by atoms with Crippen LogP contribution in [-0.4, -0.2) is 36.9 Å². The van der Waals surface area contributed by atoms with Gasteiger partial charge in [0, 0.05) is 17.3 Å². The van der Waals surface area contributed by atoms with Crippen molar-refractivity contribution in [2.75, 3.05) is 7.11 Å². The van der Waals surface area contributed by atoms with Crippen LogP contribution in [-0.2, 0) is 23.7 Å². The summed E-state index contributed by atoms with van der Waals surface area (Å²) in [4.78, 5) is 12.4. The van der Waals surface area contributed by atoms with Crippen molar-refractivity contribution in [1.82, 2.24) is 0 Å². The van der Waals surface area contributed by atoms with Crippen LogP contribution in [0, 0.1) is 17.3 Å². The zero-order chi connectivity index (χ0) is 16.2. The molecule has 0 aromatic rings. The number of carbonyl (C=O) groups is 1. The summed E-state index contributed by atoms with van der Waals surface area (Å²) in [5, 5.41) is 0. The van der Waals surface area contributed by atoms with Gasteiger partial charge in [-0.2, -0.15) is 0 Å². The highest BCUT2D eigenvalue weighted by molar-refractivity contribution is 5.83. The van der Waals surface area contributed by atoms with Crippen molar-refractivity contribution in [3.8, 4) is 0 Å². The fourth-order valence-corrected chi connectivity index (χ4v) is 3.50. The normalized spacial score (nSPS) is 34.8. The Morgan fingerprint density at radius 3 is 1.95 bits per heavy atom. The highest BCUT2D eigenvalue weighted by atomic mass is 16.9. The lowest BCUT2D eigenvalue weighted by Gasteiger charge is -2.53. The quantitative estimate of drug-likeness (QED) is 0.750. The minimum Gasteiger partial charge on any atom is -0.467 e. The van der Waals surface area contributed by atoms with Gasteiger partial charge in [0.05, 0.1) is 7.11 Å². The number of rotatable bonds is 3. The zero-order valence-corrected chi connectivity index (χ0v) is 14.4. The number of ether oxygens (including phenoxy) is 4. The van der Waals surface area contributed by atoms with Crippen molar-refractivity contribution in [2.45, 2.75) is 72.2 Å². The standard InChI is InChI=1S/C16H28O5/c1-9(2)16(10(3)4)19-11-12(21-16)20-15(11,13(17)18-8)14(5,6)7/h9-12H,1-8H3/t11-,12+,15-/m1/s1. The van der Waals surface area contributed by atoms with E-state index in [1.807, 2.05) is 20.8 Å². The number of hydrogen-bond donors (Lipinski definition) is 0. The Balaban J connectivity index is 2.37. The smallest absolute Gasteiger partial charge is 0.341 e. The van der Waals surface area contributed by atoms with Gasteiger partial charge in [-0.15, -0.1) is 0 Å². The first-order valence-corrected chi connectivity index (χ1v) is 7.64. The van der Waals surface area contributed by atoms with Crippen molar-refractivity contribution < 1.29 is 23.7 Å². The Morgan fingerprint density at radius 2 is 1.57 bits per heavy atom. The molecule has 5 heteroatoms. The van der Waals surface area contributed by atoms with Gasteiger partial charge in [0.1, 0.15) is 0 Å². The largest absolute Gasteiger partial charge is 0.467 e. The zero-order valence-electron chi connectivity index (χ0n) is 14.4. The summed E-state index contributed by atoms with van der Waals surface area (Å²) < 4.78 is 23.2. The summed E-state index contributed by atoms with van der Waals surface area (Å²) in [5.41, 5.74) is -1.56. The monoisotopic (exact) mass is 300 g/mol. The molecule has 2 aliphatic rings. The fourth-order valence-electron chi connectivity index (χ4n) is 3.50. The van der Waals surface area contributed by atoms with E-state index in [1.54, 1.807) is 0 Å². The molecule has 2 fully saturated rings. The SMILES string of the molecule is COC(=O)[C@]1(C(C)(C)C)O[C@H]2OC(C(C)C)(C(C)C)O[C@H]21. The molecular formula is C16H28O5. The second-order valence-corrected chi connectivity index (χ2v) is 7.65. The van der Waals surface area contributed by atoms with Gasteiger partial charge in [-0.1, -0.05) is 48.5 Å². The maximum Gasteiger partial charge on any atom is 0.341 e. The van der Waals surface area contributed by atoms with Crippen LogP contribution in [0.15, 0.2) is 0 Å². The summed E-state index contributed by atoms with van der Waals surface area (Å²) >= 11 is 0. The molecular weight excluding hydrogens is 272 g/mol. The van der Waals surface area contributed by atoms with E-state index in [4.69, 9.17) is 18.9 Å². The molecule has 21 heavy (non-hydrogen) atoms. The highest BCUT2D eigenvalue weighted by Gasteiger charge is 2.75. The summed E-state index contributed by atoms with van der Waals surface area (Å²) in [6, 6.07) is 0.